The summed E-state index contributed by atoms with van der Waals surface area (Å²) in [5.74, 6) is -3.55. The van der Waals surface area contributed by atoms with Gasteiger partial charge in [0.05, 0.1) is 19.2 Å². The molecule has 2 atom stereocenters. The molecule has 0 radical (unpaired) electrons. The van der Waals surface area contributed by atoms with Crippen LogP contribution in [-0.4, -0.2) is 78.2 Å². The van der Waals surface area contributed by atoms with Crippen LogP contribution in [0.1, 0.15) is 12.8 Å². The van der Waals surface area contributed by atoms with Gasteiger partial charge in [-0.2, -0.15) is 0 Å². The molecule has 0 spiro atoms. The van der Waals surface area contributed by atoms with E-state index in [0.717, 1.165) is 0 Å². The fourth-order valence-electron chi connectivity index (χ4n) is 1.67. The first-order valence-corrected chi connectivity index (χ1v) is 7.65. The number of aliphatic carboxylic acids is 1. The van der Waals surface area contributed by atoms with Crippen LogP contribution >= 0.6 is 0 Å². The largest absolute Gasteiger partial charge is 0.480 e. The van der Waals surface area contributed by atoms with E-state index in [4.69, 9.17) is 27.4 Å². The van der Waals surface area contributed by atoms with Crippen molar-refractivity contribution >= 4 is 29.7 Å². The number of nitrogens with two attached hydrogens (primary N) is 3. The summed E-state index contributed by atoms with van der Waals surface area (Å²) in [5.41, 5.74) is 16.0. The highest BCUT2D eigenvalue weighted by Gasteiger charge is 2.21. The molecule has 3 amide bonds. The topological polar surface area (TPSA) is 235 Å². The Morgan fingerprint density at radius 3 is 2.19 bits per heavy atom. The second-order valence-electron chi connectivity index (χ2n) is 5.19. The van der Waals surface area contributed by atoms with Crippen molar-refractivity contribution < 1.29 is 29.4 Å². The van der Waals surface area contributed by atoms with Gasteiger partial charge in [-0.25, -0.2) is 0 Å². The molecule has 0 aromatic carbocycles. The van der Waals surface area contributed by atoms with Gasteiger partial charge in [-0.15, -0.1) is 0 Å². The lowest BCUT2D eigenvalue weighted by Gasteiger charge is -2.16. The molecule has 11 N–H and O–H groups in total. The van der Waals surface area contributed by atoms with E-state index < -0.39 is 55.5 Å². The molecule has 0 heterocycles. The van der Waals surface area contributed by atoms with Crippen molar-refractivity contribution in [2.24, 2.45) is 22.2 Å². The number of hydrogen-bond donors (Lipinski definition) is 8. The molecule has 0 fully saturated rings. The molecule has 2 unspecified atom stereocenters. The zero-order chi connectivity index (χ0) is 20.1. The normalized spacial score (nSPS) is 12.4. The monoisotopic (exact) mass is 375 g/mol. The highest BCUT2D eigenvalue weighted by atomic mass is 16.4. The van der Waals surface area contributed by atoms with E-state index in [-0.39, 0.29) is 5.96 Å². The van der Waals surface area contributed by atoms with Crippen LogP contribution < -0.4 is 33.2 Å². The van der Waals surface area contributed by atoms with Crippen molar-refractivity contribution in [1.29, 1.82) is 0 Å². The summed E-state index contributed by atoms with van der Waals surface area (Å²) in [6.45, 7) is -1.55. The van der Waals surface area contributed by atoms with Crippen LogP contribution in [0, 0.1) is 0 Å². The van der Waals surface area contributed by atoms with Gasteiger partial charge >= 0.3 is 5.97 Å². The van der Waals surface area contributed by atoms with Crippen molar-refractivity contribution in [3.8, 4) is 0 Å². The summed E-state index contributed by atoms with van der Waals surface area (Å²) in [6, 6.07) is -2.21. The summed E-state index contributed by atoms with van der Waals surface area (Å²) in [5, 5.41) is 24.0. The summed E-state index contributed by atoms with van der Waals surface area (Å²) in [6.07, 6.45) is 0.760. The molecule has 0 rings (SSSR count). The molecule has 13 nitrogen and oxygen atoms in total. The number of amides is 3. The Kier molecular flexibility index (Phi) is 11.0. The van der Waals surface area contributed by atoms with E-state index >= 15 is 0 Å². The Bertz CT molecular complexity index is 535. The smallest absolute Gasteiger partial charge is 0.322 e. The van der Waals surface area contributed by atoms with Crippen LogP contribution in [0.2, 0.25) is 0 Å². The van der Waals surface area contributed by atoms with Crippen molar-refractivity contribution in [1.82, 2.24) is 16.0 Å². The first-order chi connectivity index (χ1) is 12.2. The Balaban J connectivity index is 4.21. The lowest BCUT2D eigenvalue weighted by Crippen LogP contribution is -2.52. The number of nitrogens with zero attached hydrogens (tertiary/aromatic N) is 1. The van der Waals surface area contributed by atoms with E-state index in [9.17, 15) is 19.2 Å². The zero-order valence-corrected chi connectivity index (χ0v) is 14.1. The third-order valence-corrected chi connectivity index (χ3v) is 2.98. The first-order valence-electron chi connectivity index (χ1n) is 7.65. The zero-order valence-electron chi connectivity index (χ0n) is 14.1. The molecule has 0 aliphatic rings. The number of carboxylic acids is 1. The predicted molar refractivity (Wildman–Crippen MR) is 90.6 cm³/mol. The van der Waals surface area contributed by atoms with Gasteiger partial charge in [-0.3, -0.25) is 24.2 Å². The maximum atomic E-state index is 11.7. The molecular formula is C13H25N7O6. The highest BCUT2D eigenvalue weighted by molar-refractivity contribution is 5.92. The molecule has 0 aromatic heterocycles. The average Bonchev–Trinajstić information content (AvgIpc) is 2.58. The number of carboxylic acid groups (broad SMARTS) is 1. The van der Waals surface area contributed by atoms with Gasteiger partial charge < -0.3 is 43.4 Å². The predicted octanol–water partition coefficient (Wildman–Crippen LogP) is -4.84. The fraction of sp³-hybridized carbons (Fsp3) is 0.615. The van der Waals surface area contributed by atoms with E-state index in [0.29, 0.717) is 19.4 Å². The van der Waals surface area contributed by atoms with E-state index in [1.807, 2.05) is 5.32 Å². The molecule has 0 saturated heterocycles. The minimum absolute atomic E-state index is 0.0643. The van der Waals surface area contributed by atoms with Crippen molar-refractivity contribution in [3.05, 3.63) is 0 Å². The quantitative estimate of drug-likeness (QED) is 0.0925. The molecule has 0 aliphatic carbocycles. The number of nitrogens with one attached hydrogen (secondary N) is 3. The third kappa shape index (κ3) is 10.8. The van der Waals surface area contributed by atoms with Crippen molar-refractivity contribution in [2.45, 2.75) is 24.9 Å². The van der Waals surface area contributed by atoms with Crippen molar-refractivity contribution in [3.63, 3.8) is 0 Å². The molecule has 0 aromatic rings. The van der Waals surface area contributed by atoms with Gasteiger partial charge in [0.2, 0.25) is 17.7 Å². The molecule has 0 bridgehead atoms. The van der Waals surface area contributed by atoms with E-state index in [1.54, 1.807) is 0 Å². The van der Waals surface area contributed by atoms with Gasteiger partial charge in [0.25, 0.3) is 0 Å². The Labute approximate surface area is 149 Å². The van der Waals surface area contributed by atoms with Gasteiger partial charge in [-0.05, 0) is 12.8 Å². The van der Waals surface area contributed by atoms with Crippen LogP contribution in [0.4, 0.5) is 0 Å². The molecular weight excluding hydrogens is 350 g/mol. The van der Waals surface area contributed by atoms with Crippen molar-refractivity contribution in [2.75, 3.05) is 26.2 Å². The van der Waals surface area contributed by atoms with Crippen LogP contribution in [0.5, 0.6) is 0 Å². The highest BCUT2D eigenvalue weighted by Crippen LogP contribution is 1.95. The lowest BCUT2D eigenvalue weighted by atomic mass is 10.1. The van der Waals surface area contributed by atoms with Crippen LogP contribution in [0.15, 0.2) is 4.99 Å². The number of aliphatic imine (C=N–C) groups is 1. The number of aliphatic hydroxyl groups is 1. The Morgan fingerprint density at radius 1 is 1.04 bits per heavy atom. The number of guanidine groups is 1. The Hall–Kier alpha value is -2.93. The molecule has 148 valence electrons. The van der Waals surface area contributed by atoms with Gasteiger partial charge in [0, 0.05) is 6.54 Å². The Morgan fingerprint density at radius 2 is 1.65 bits per heavy atom. The maximum Gasteiger partial charge on any atom is 0.322 e. The number of rotatable bonds is 12. The second kappa shape index (κ2) is 12.4. The standard InChI is InChI=1S/C13H25N7O6/c14-7(2-1-3-17-13(15)16)11(25)18-4-9(22)20-8(6-21)12(26)19-5-10(23)24/h7-8,21H,1-6,14H2,(H,18,25)(H,19,26)(H,20,22)(H,23,24)(H4,15,16,17). The molecule has 26 heavy (non-hydrogen) atoms. The lowest BCUT2D eigenvalue weighted by molar-refractivity contribution is -0.138. The minimum atomic E-state index is -1.34. The molecule has 0 saturated carbocycles. The van der Waals surface area contributed by atoms with E-state index in [2.05, 4.69) is 15.6 Å². The van der Waals surface area contributed by atoms with Gasteiger partial charge in [0.1, 0.15) is 12.6 Å². The molecule has 0 aliphatic heterocycles. The average molecular weight is 375 g/mol. The van der Waals surface area contributed by atoms with Crippen LogP contribution in [-0.2, 0) is 19.2 Å². The SMILES string of the molecule is NC(N)=NCCCC(N)C(=O)NCC(=O)NC(CO)C(=O)NCC(=O)O. The number of carbonyl (C=O) groups is 4. The second-order valence-corrected chi connectivity index (χ2v) is 5.19. The minimum Gasteiger partial charge on any atom is -0.480 e. The van der Waals surface area contributed by atoms with Gasteiger partial charge in [-0.1, -0.05) is 0 Å². The van der Waals surface area contributed by atoms with Crippen LogP contribution in [0.25, 0.3) is 0 Å². The number of aliphatic hydroxyl groups excluding tert-OH is 1. The number of hydrogen-bond acceptors (Lipinski definition) is 7. The summed E-state index contributed by atoms with van der Waals surface area (Å²) < 4.78 is 0. The summed E-state index contributed by atoms with van der Waals surface area (Å²) in [4.78, 5) is 49.1. The van der Waals surface area contributed by atoms with Gasteiger partial charge in [0.15, 0.2) is 5.96 Å². The summed E-state index contributed by atoms with van der Waals surface area (Å²) >= 11 is 0. The fourth-order valence-corrected chi connectivity index (χ4v) is 1.67. The van der Waals surface area contributed by atoms with Crippen LogP contribution in [0.3, 0.4) is 0 Å². The number of carbonyl (C=O) groups excluding carboxylic acids is 3. The first kappa shape index (κ1) is 23.1. The maximum absolute atomic E-state index is 11.7. The third-order valence-electron chi connectivity index (χ3n) is 2.98. The van der Waals surface area contributed by atoms with E-state index in [1.165, 1.54) is 0 Å². The molecule has 13 heteroatoms. The summed E-state index contributed by atoms with van der Waals surface area (Å²) in [7, 11) is 0.